The second-order valence-electron chi connectivity index (χ2n) is 5.67. The molecule has 17 heavy (non-hydrogen) atoms. The summed E-state index contributed by atoms with van der Waals surface area (Å²) >= 11 is 0. The Morgan fingerprint density at radius 1 is 1.59 bits per heavy atom. The summed E-state index contributed by atoms with van der Waals surface area (Å²) in [6.45, 7) is 4.16. The van der Waals surface area contributed by atoms with Crippen LogP contribution in [-0.4, -0.2) is 22.0 Å². The molecule has 1 N–H and O–H groups in total. The van der Waals surface area contributed by atoms with Crippen LogP contribution in [0.3, 0.4) is 0 Å². The standard InChI is InChI=1S/C13H20N2O2/c1-8(2)15-12(11(17-3)7-14-15)13(16)5-4-9-6-10(9)13/h7-10,16H,4-6H2,1-3H3. The summed E-state index contributed by atoms with van der Waals surface area (Å²) in [5.41, 5.74) is 0.177. The molecule has 4 nitrogen and oxygen atoms in total. The van der Waals surface area contributed by atoms with Crippen molar-refractivity contribution in [3.8, 4) is 5.75 Å². The van der Waals surface area contributed by atoms with Crippen molar-refractivity contribution >= 4 is 0 Å². The van der Waals surface area contributed by atoms with E-state index in [0.717, 1.165) is 36.6 Å². The van der Waals surface area contributed by atoms with Crippen LogP contribution in [0.15, 0.2) is 6.20 Å². The van der Waals surface area contributed by atoms with E-state index in [0.29, 0.717) is 5.92 Å². The third-order valence-electron chi connectivity index (χ3n) is 4.31. The van der Waals surface area contributed by atoms with Crippen molar-refractivity contribution in [3.05, 3.63) is 11.9 Å². The van der Waals surface area contributed by atoms with Crippen LogP contribution in [0.1, 0.15) is 44.8 Å². The first-order valence-electron chi connectivity index (χ1n) is 6.42. The van der Waals surface area contributed by atoms with Gasteiger partial charge in [0.25, 0.3) is 0 Å². The number of ether oxygens (including phenoxy) is 1. The van der Waals surface area contributed by atoms with Gasteiger partial charge in [-0.05, 0) is 44.9 Å². The predicted octanol–water partition coefficient (Wildman–Crippen LogP) is 2.09. The SMILES string of the molecule is COc1cnn(C(C)C)c1C1(O)CCC2CC21. The second kappa shape index (κ2) is 3.48. The van der Waals surface area contributed by atoms with Crippen molar-refractivity contribution in [2.75, 3.05) is 7.11 Å². The second-order valence-corrected chi connectivity index (χ2v) is 5.67. The maximum atomic E-state index is 11.0. The van der Waals surface area contributed by atoms with Crippen LogP contribution >= 0.6 is 0 Å². The average molecular weight is 236 g/mol. The summed E-state index contributed by atoms with van der Waals surface area (Å²) in [7, 11) is 1.65. The van der Waals surface area contributed by atoms with Crippen LogP contribution in [0.4, 0.5) is 0 Å². The van der Waals surface area contributed by atoms with E-state index in [1.165, 1.54) is 0 Å². The monoisotopic (exact) mass is 236 g/mol. The zero-order chi connectivity index (χ0) is 12.2. The van der Waals surface area contributed by atoms with Crippen LogP contribution < -0.4 is 4.74 Å². The molecule has 0 saturated heterocycles. The summed E-state index contributed by atoms with van der Waals surface area (Å²) in [5.74, 6) is 1.87. The molecule has 3 unspecified atom stereocenters. The van der Waals surface area contributed by atoms with Crippen LogP contribution in [0.5, 0.6) is 5.75 Å². The largest absolute Gasteiger partial charge is 0.493 e. The van der Waals surface area contributed by atoms with Crippen LogP contribution in [0, 0.1) is 11.8 Å². The third-order valence-corrected chi connectivity index (χ3v) is 4.31. The van der Waals surface area contributed by atoms with E-state index in [-0.39, 0.29) is 6.04 Å². The zero-order valence-corrected chi connectivity index (χ0v) is 10.7. The van der Waals surface area contributed by atoms with E-state index in [9.17, 15) is 5.11 Å². The molecule has 94 valence electrons. The molecule has 3 rings (SSSR count). The van der Waals surface area contributed by atoms with Gasteiger partial charge in [0.1, 0.15) is 11.3 Å². The lowest BCUT2D eigenvalue weighted by Gasteiger charge is -2.28. The van der Waals surface area contributed by atoms with E-state index in [1.807, 2.05) is 4.68 Å². The highest BCUT2D eigenvalue weighted by Crippen LogP contribution is 2.62. The zero-order valence-electron chi connectivity index (χ0n) is 10.7. The fourth-order valence-electron chi connectivity index (χ4n) is 3.34. The van der Waals surface area contributed by atoms with Gasteiger partial charge in [-0.15, -0.1) is 0 Å². The van der Waals surface area contributed by atoms with Gasteiger partial charge in [0.2, 0.25) is 0 Å². The van der Waals surface area contributed by atoms with Crippen LogP contribution in [0.2, 0.25) is 0 Å². The maximum absolute atomic E-state index is 11.0. The number of rotatable bonds is 3. The number of methoxy groups -OCH3 is 1. The van der Waals surface area contributed by atoms with E-state index in [1.54, 1.807) is 13.3 Å². The van der Waals surface area contributed by atoms with Gasteiger partial charge in [0.05, 0.1) is 13.3 Å². The van der Waals surface area contributed by atoms with Crippen LogP contribution in [0.25, 0.3) is 0 Å². The molecule has 3 atom stereocenters. The molecule has 2 fully saturated rings. The number of hydrogen-bond acceptors (Lipinski definition) is 3. The topological polar surface area (TPSA) is 47.3 Å². The lowest BCUT2D eigenvalue weighted by molar-refractivity contribution is 0.00846. The van der Waals surface area contributed by atoms with Crippen molar-refractivity contribution in [2.45, 2.75) is 44.8 Å². The van der Waals surface area contributed by atoms with Gasteiger partial charge in [-0.3, -0.25) is 4.68 Å². The molecule has 2 saturated carbocycles. The third kappa shape index (κ3) is 1.43. The van der Waals surface area contributed by atoms with E-state index < -0.39 is 5.60 Å². The fraction of sp³-hybridized carbons (Fsp3) is 0.769. The Bertz CT molecular complexity index is 441. The summed E-state index contributed by atoms with van der Waals surface area (Å²) in [4.78, 5) is 0. The maximum Gasteiger partial charge on any atom is 0.162 e. The molecule has 1 aromatic rings. The van der Waals surface area contributed by atoms with Gasteiger partial charge in [-0.2, -0.15) is 5.10 Å². The molecule has 0 spiro atoms. The highest BCUT2D eigenvalue weighted by molar-refractivity contribution is 5.35. The summed E-state index contributed by atoms with van der Waals surface area (Å²) in [5, 5.41) is 15.3. The summed E-state index contributed by atoms with van der Waals surface area (Å²) in [6.07, 6.45) is 4.86. The summed E-state index contributed by atoms with van der Waals surface area (Å²) in [6, 6.07) is 0.246. The fourth-order valence-corrected chi connectivity index (χ4v) is 3.34. The molecule has 0 bridgehead atoms. The molecule has 4 heteroatoms. The van der Waals surface area contributed by atoms with Crippen LogP contribution in [-0.2, 0) is 5.60 Å². The van der Waals surface area contributed by atoms with Crippen molar-refractivity contribution in [1.82, 2.24) is 9.78 Å². The molecule has 2 aliphatic carbocycles. The van der Waals surface area contributed by atoms with Crippen molar-refractivity contribution in [1.29, 1.82) is 0 Å². The van der Waals surface area contributed by atoms with Crippen molar-refractivity contribution in [3.63, 3.8) is 0 Å². The Morgan fingerprint density at radius 3 is 2.82 bits per heavy atom. The highest BCUT2D eigenvalue weighted by atomic mass is 16.5. The minimum atomic E-state index is -0.712. The Morgan fingerprint density at radius 2 is 2.35 bits per heavy atom. The van der Waals surface area contributed by atoms with E-state index >= 15 is 0 Å². The lowest BCUT2D eigenvalue weighted by Crippen LogP contribution is -2.30. The normalized spacial score (nSPS) is 35.1. The van der Waals surface area contributed by atoms with Crippen molar-refractivity contribution < 1.29 is 9.84 Å². The quantitative estimate of drug-likeness (QED) is 0.874. The number of aliphatic hydroxyl groups is 1. The lowest BCUT2D eigenvalue weighted by atomic mass is 9.92. The Labute approximate surface area is 102 Å². The van der Waals surface area contributed by atoms with Gasteiger partial charge in [-0.1, -0.05) is 0 Å². The smallest absolute Gasteiger partial charge is 0.162 e. The van der Waals surface area contributed by atoms with Crippen molar-refractivity contribution in [2.24, 2.45) is 11.8 Å². The Balaban J connectivity index is 2.08. The number of hydrogen-bond donors (Lipinski definition) is 1. The average Bonchev–Trinajstić information content (AvgIpc) is 2.83. The minimum Gasteiger partial charge on any atom is -0.493 e. The number of fused-ring (bicyclic) bond motifs is 1. The molecule has 2 aliphatic rings. The molecular weight excluding hydrogens is 216 g/mol. The van der Waals surface area contributed by atoms with E-state index in [2.05, 4.69) is 18.9 Å². The molecule has 0 radical (unpaired) electrons. The molecule has 1 heterocycles. The van der Waals surface area contributed by atoms with Gasteiger partial charge >= 0.3 is 0 Å². The minimum absolute atomic E-state index is 0.246. The molecule has 0 aliphatic heterocycles. The number of nitrogens with zero attached hydrogens (tertiary/aromatic N) is 2. The first kappa shape index (κ1) is 11.1. The Kier molecular flexibility index (Phi) is 2.27. The predicted molar refractivity (Wildman–Crippen MR) is 63.9 cm³/mol. The van der Waals surface area contributed by atoms with Gasteiger partial charge in [-0.25, -0.2) is 0 Å². The molecule has 0 amide bonds. The van der Waals surface area contributed by atoms with Gasteiger partial charge < -0.3 is 9.84 Å². The molecule has 0 aromatic carbocycles. The summed E-state index contributed by atoms with van der Waals surface area (Å²) < 4.78 is 7.29. The van der Waals surface area contributed by atoms with E-state index in [4.69, 9.17) is 4.74 Å². The Hall–Kier alpha value is -1.03. The van der Waals surface area contributed by atoms with Gasteiger partial charge in [0, 0.05) is 6.04 Å². The highest BCUT2D eigenvalue weighted by Gasteiger charge is 2.60. The first-order valence-corrected chi connectivity index (χ1v) is 6.42. The molecule has 1 aromatic heterocycles. The van der Waals surface area contributed by atoms with Gasteiger partial charge in [0.15, 0.2) is 5.75 Å². The molecular formula is C13H20N2O2. The number of aromatic nitrogens is 2. The first-order chi connectivity index (χ1) is 8.08.